The van der Waals surface area contributed by atoms with E-state index in [1.54, 1.807) is 30.3 Å². The van der Waals surface area contributed by atoms with Gasteiger partial charge >= 0.3 is 0 Å². The summed E-state index contributed by atoms with van der Waals surface area (Å²) in [6.45, 7) is 1.95. The molecule has 0 fully saturated rings. The summed E-state index contributed by atoms with van der Waals surface area (Å²) in [7, 11) is 1.97. The van der Waals surface area contributed by atoms with Crippen LogP contribution < -0.4 is 10.6 Å². The van der Waals surface area contributed by atoms with Gasteiger partial charge in [0.1, 0.15) is 11.6 Å². The summed E-state index contributed by atoms with van der Waals surface area (Å²) in [5.41, 5.74) is 8.71. The molecule has 28 heavy (non-hydrogen) atoms. The number of anilines is 3. The third-order valence-electron chi connectivity index (χ3n) is 4.82. The van der Waals surface area contributed by atoms with Gasteiger partial charge in [-0.25, -0.2) is 4.39 Å². The van der Waals surface area contributed by atoms with Gasteiger partial charge in [-0.05, 0) is 49.5 Å². The molecule has 0 bridgehead atoms. The van der Waals surface area contributed by atoms with Crippen LogP contribution in [0.4, 0.5) is 21.6 Å². The molecule has 3 aromatic rings. The van der Waals surface area contributed by atoms with E-state index in [1.165, 1.54) is 0 Å². The van der Waals surface area contributed by atoms with Crippen molar-refractivity contribution in [2.75, 3.05) is 30.8 Å². The van der Waals surface area contributed by atoms with Gasteiger partial charge < -0.3 is 15.5 Å². The van der Waals surface area contributed by atoms with Crippen LogP contribution in [-0.2, 0) is 6.54 Å². The molecule has 0 spiro atoms. The minimum atomic E-state index is -0.310. The van der Waals surface area contributed by atoms with Crippen LogP contribution in [0.25, 0.3) is 11.3 Å². The molecule has 0 atom stereocenters. The van der Waals surface area contributed by atoms with Crippen LogP contribution >= 0.6 is 23.2 Å². The Balaban J connectivity index is 1.84. The average molecular weight is 418 g/mol. The molecule has 0 saturated heterocycles. The van der Waals surface area contributed by atoms with Crippen LogP contribution in [-0.4, -0.2) is 35.2 Å². The molecule has 2 N–H and O–H groups in total. The molecular weight excluding hydrogens is 400 g/mol. The standard InChI is InChI=1S/C20H18Cl2FN5/c1-27-8-9-28(12-2-4-15(21)16(22)10-12)18-6-3-13(20(23)14(18)11-27)17-5-7-19(24)26-25-17/h2-7,10H,8-9,11H2,1H3,(H2,24,26). The zero-order valence-corrected chi connectivity index (χ0v) is 16.7. The third kappa shape index (κ3) is 3.51. The predicted octanol–water partition coefficient (Wildman–Crippen LogP) is 4.76. The van der Waals surface area contributed by atoms with E-state index < -0.39 is 0 Å². The number of nitrogen functional groups attached to an aromatic ring is 1. The molecule has 2 heterocycles. The lowest BCUT2D eigenvalue weighted by molar-refractivity contribution is 0.338. The van der Waals surface area contributed by atoms with Crippen molar-refractivity contribution in [3.05, 3.63) is 63.9 Å². The summed E-state index contributed by atoms with van der Waals surface area (Å²) in [4.78, 5) is 4.14. The van der Waals surface area contributed by atoms with Crippen LogP contribution in [0.1, 0.15) is 5.56 Å². The summed E-state index contributed by atoms with van der Waals surface area (Å²) in [6, 6.07) is 12.4. The van der Waals surface area contributed by atoms with Crippen LogP contribution in [0.15, 0.2) is 42.5 Å². The fourth-order valence-electron chi connectivity index (χ4n) is 3.36. The molecule has 0 amide bonds. The maximum atomic E-state index is 15.5. The molecule has 0 radical (unpaired) electrons. The van der Waals surface area contributed by atoms with Gasteiger partial charge in [-0.1, -0.05) is 23.2 Å². The van der Waals surface area contributed by atoms with Gasteiger partial charge in [-0.15, -0.1) is 10.2 Å². The van der Waals surface area contributed by atoms with Gasteiger partial charge in [-0.2, -0.15) is 0 Å². The van der Waals surface area contributed by atoms with Crippen molar-refractivity contribution in [3.8, 4) is 11.3 Å². The number of fused-ring (bicyclic) bond motifs is 1. The highest BCUT2D eigenvalue weighted by Crippen LogP contribution is 2.38. The van der Waals surface area contributed by atoms with Gasteiger partial charge in [0.05, 0.1) is 15.7 Å². The first-order valence-electron chi connectivity index (χ1n) is 8.76. The molecule has 0 aliphatic carbocycles. The number of halogens is 3. The summed E-state index contributed by atoms with van der Waals surface area (Å²) in [5.74, 6) is -0.0141. The lowest BCUT2D eigenvalue weighted by Crippen LogP contribution is -2.26. The van der Waals surface area contributed by atoms with Crippen molar-refractivity contribution in [3.63, 3.8) is 0 Å². The van der Waals surface area contributed by atoms with Crippen molar-refractivity contribution in [2.24, 2.45) is 0 Å². The van der Waals surface area contributed by atoms with Gasteiger partial charge in [0.15, 0.2) is 0 Å². The van der Waals surface area contributed by atoms with Gasteiger partial charge in [-0.3, -0.25) is 0 Å². The molecular formula is C20H18Cl2FN5. The Hall–Kier alpha value is -2.41. The Morgan fingerprint density at radius 2 is 1.82 bits per heavy atom. The number of aromatic nitrogens is 2. The van der Waals surface area contributed by atoms with Crippen molar-refractivity contribution < 1.29 is 4.39 Å². The smallest absolute Gasteiger partial charge is 0.146 e. The summed E-state index contributed by atoms with van der Waals surface area (Å²) in [5, 5.41) is 8.81. The summed E-state index contributed by atoms with van der Waals surface area (Å²) >= 11 is 12.3. The highest BCUT2D eigenvalue weighted by atomic mass is 35.5. The molecule has 1 aliphatic rings. The van der Waals surface area contributed by atoms with E-state index in [1.807, 2.05) is 19.2 Å². The summed E-state index contributed by atoms with van der Waals surface area (Å²) in [6.07, 6.45) is 0. The highest BCUT2D eigenvalue weighted by molar-refractivity contribution is 6.42. The molecule has 1 aromatic heterocycles. The second-order valence-corrected chi connectivity index (χ2v) is 7.57. The lowest BCUT2D eigenvalue weighted by atomic mass is 10.0. The molecule has 8 heteroatoms. The van der Waals surface area contributed by atoms with E-state index in [2.05, 4.69) is 20.0 Å². The number of hydrogen-bond donors (Lipinski definition) is 1. The molecule has 144 valence electrons. The number of rotatable bonds is 2. The first-order valence-corrected chi connectivity index (χ1v) is 9.51. The minimum Gasteiger partial charge on any atom is -0.382 e. The Labute approximate surface area is 172 Å². The van der Waals surface area contributed by atoms with Crippen molar-refractivity contribution >= 4 is 40.4 Å². The molecule has 1 aliphatic heterocycles. The Bertz CT molecular complexity index is 1030. The highest BCUT2D eigenvalue weighted by Gasteiger charge is 2.25. The van der Waals surface area contributed by atoms with Crippen LogP contribution in [0.3, 0.4) is 0 Å². The maximum Gasteiger partial charge on any atom is 0.146 e. The Kier molecular flexibility index (Phi) is 5.10. The first kappa shape index (κ1) is 18.9. The third-order valence-corrected chi connectivity index (χ3v) is 5.56. The second-order valence-electron chi connectivity index (χ2n) is 6.76. The maximum absolute atomic E-state index is 15.5. The van der Waals surface area contributed by atoms with Crippen LogP contribution in [0.5, 0.6) is 0 Å². The number of nitrogens with two attached hydrogens (primary N) is 1. The predicted molar refractivity (Wildman–Crippen MR) is 112 cm³/mol. The Morgan fingerprint density at radius 3 is 2.54 bits per heavy atom. The molecule has 0 unspecified atom stereocenters. The zero-order valence-electron chi connectivity index (χ0n) is 15.2. The van der Waals surface area contributed by atoms with E-state index in [-0.39, 0.29) is 5.82 Å². The minimum absolute atomic E-state index is 0.296. The lowest BCUT2D eigenvalue weighted by Gasteiger charge is -2.26. The molecule has 4 rings (SSSR count). The zero-order chi connectivity index (χ0) is 19.8. The molecule has 5 nitrogen and oxygen atoms in total. The summed E-state index contributed by atoms with van der Waals surface area (Å²) < 4.78 is 15.5. The quantitative estimate of drug-likeness (QED) is 0.651. The van der Waals surface area contributed by atoms with E-state index in [0.717, 1.165) is 17.9 Å². The number of benzene rings is 2. The van der Waals surface area contributed by atoms with Crippen molar-refractivity contribution in [2.45, 2.75) is 6.54 Å². The molecule has 2 aromatic carbocycles. The van der Waals surface area contributed by atoms with Crippen LogP contribution in [0, 0.1) is 5.82 Å². The van der Waals surface area contributed by atoms with E-state index in [9.17, 15) is 0 Å². The van der Waals surface area contributed by atoms with E-state index in [4.69, 9.17) is 28.9 Å². The van der Waals surface area contributed by atoms with Crippen molar-refractivity contribution in [1.82, 2.24) is 15.1 Å². The monoisotopic (exact) mass is 417 g/mol. The number of hydrogen-bond acceptors (Lipinski definition) is 5. The topological polar surface area (TPSA) is 58.3 Å². The van der Waals surface area contributed by atoms with Gasteiger partial charge in [0.25, 0.3) is 0 Å². The SMILES string of the molecule is CN1CCN(c2ccc(Cl)c(Cl)c2)c2ccc(-c3ccc(N)nn3)c(F)c2C1. The van der Waals surface area contributed by atoms with Crippen LogP contribution in [0.2, 0.25) is 10.0 Å². The van der Waals surface area contributed by atoms with Gasteiger partial charge in [0.2, 0.25) is 0 Å². The van der Waals surface area contributed by atoms with E-state index >= 15 is 4.39 Å². The average Bonchev–Trinajstić information content (AvgIpc) is 2.84. The van der Waals surface area contributed by atoms with E-state index in [0.29, 0.717) is 45.8 Å². The normalized spacial score (nSPS) is 14.6. The first-order chi connectivity index (χ1) is 13.4. The van der Waals surface area contributed by atoms with Gasteiger partial charge in [0, 0.05) is 42.1 Å². The fourth-order valence-corrected chi connectivity index (χ4v) is 3.65. The number of likely N-dealkylation sites (N-methyl/N-ethyl adjacent to an activating group) is 1. The number of nitrogens with zero attached hydrogens (tertiary/aromatic N) is 4. The molecule has 0 saturated carbocycles. The second kappa shape index (κ2) is 7.54. The fraction of sp³-hybridized carbons (Fsp3) is 0.200. The largest absolute Gasteiger partial charge is 0.382 e. The van der Waals surface area contributed by atoms with Crippen molar-refractivity contribution in [1.29, 1.82) is 0 Å². The Morgan fingerprint density at radius 1 is 1.00 bits per heavy atom.